The van der Waals surface area contributed by atoms with Gasteiger partial charge in [-0.3, -0.25) is 9.59 Å². The predicted molar refractivity (Wildman–Crippen MR) is 262 cm³/mol. The van der Waals surface area contributed by atoms with Crippen LogP contribution >= 0.6 is 0 Å². The molecule has 0 bridgehead atoms. The van der Waals surface area contributed by atoms with Gasteiger partial charge >= 0.3 is 12.2 Å². The summed E-state index contributed by atoms with van der Waals surface area (Å²) in [4.78, 5) is 74.5. The molecule has 69 heavy (non-hydrogen) atoms. The highest BCUT2D eigenvalue weighted by atomic mass is 16.5. The van der Waals surface area contributed by atoms with Crippen molar-refractivity contribution < 1.29 is 28.7 Å². The molecule has 0 spiro atoms. The van der Waals surface area contributed by atoms with E-state index in [2.05, 4.69) is 95.1 Å². The van der Waals surface area contributed by atoms with Crippen LogP contribution in [0.25, 0.3) is 55.1 Å². The van der Waals surface area contributed by atoms with Crippen molar-refractivity contribution in [3.63, 3.8) is 0 Å². The molecule has 8 aromatic rings. The number of ether oxygens (including phenoxy) is 2. The van der Waals surface area contributed by atoms with Crippen molar-refractivity contribution >= 4 is 56.8 Å². The lowest BCUT2D eigenvalue weighted by molar-refractivity contribution is -0.137. The Morgan fingerprint density at radius 2 is 1.01 bits per heavy atom. The van der Waals surface area contributed by atoms with Crippen LogP contribution < -0.4 is 10.6 Å². The Kier molecular flexibility index (Phi) is 11.1. The van der Waals surface area contributed by atoms with Crippen LogP contribution in [0.1, 0.15) is 80.1 Å². The molecule has 2 aromatic heterocycles. The standard InChI is InChI=1S/C55H52N8O6/c1-30-23-46(62(31(30)2)52(64)48(60-54(66)68-3)32-11-7-5-8-12-32)50-56-41-21-19-38(26-43(41)58-50)36-17-15-35-25-37(18-16-34(35)24-36)39-20-22-42-44(27-39)59-51(57-42)47-29-40-28-45(40)63(47)53(65)49(61-55(67)69-4)33-13-9-6-10-14-33/h5-22,24-27,30-31,40,45-49H,23,28-29H2,1-4H3,(H,56,58)(H,57,59)(H,60,66)(H,61,67)/t30-,31-,40-,45-,46+,47+,48-,49-/m1/s1. The average molecular weight is 921 g/mol. The number of aromatic amines is 2. The van der Waals surface area contributed by atoms with Gasteiger partial charge < -0.3 is 39.9 Å². The fraction of sp³-hybridized carbons (Fsp3) is 0.273. The zero-order valence-corrected chi connectivity index (χ0v) is 38.7. The number of carbonyl (C=O) groups is 4. The highest BCUT2D eigenvalue weighted by Gasteiger charge is 2.56. The molecular weight excluding hydrogens is 869 g/mol. The molecule has 2 saturated heterocycles. The van der Waals surface area contributed by atoms with Gasteiger partial charge in [0, 0.05) is 12.1 Å². The van der Waals surface area contributed by atoms with Crippen LogP contribution in [0, 0.1) is 11.8 Å². The number of benzene rings is 6. The first-order valence-electron chi connectivity index (χ1n) is 23.5. The number of H-pyrrole nitrogens is 2. The van der Waals surface area contributed by atoms with E-state index in [1.807, 2.05) is 82.6 Å². The summed E-state index contributed by atoms with van der Waals surface area (Å²) in [5.41, 5.74) is 8.97. The molecule has 8 atom stereocenters. The van der Waals surface area contributed by atoms with Crippen molar-refractivity contribution in [2.45, 2.75) is 69.4 Å². The molecule has 348 valence electrons. The monoisotopic (exact) mass is 920 g/mol. The molecule has 11 rings (SSSR count). The maximum atomic E-state index is 14.4. The van der Waals surface area contributed by atoms with Crippen molar-refractivity contribution in [3.05, 3.63) is 156 Å². The first-order chi connectivity index (χ1) is 33.5. The number of rotatable bonds is 10. The summed E-state index contributed by atoms with van der Waals surface area (Å²) >= 11 is 0. The summed E-state index contributed by atoms with van der Waals surface area (Å²) in [5, 5.41) is 7.74. The molecule has 0 radical (unpaired) electrons. The van der Waals surface area contributed by atoms with E-state index in [1.165, 1.54) is 14.2 Å². The van der Waals surface area contributed by atoms with E-state index in [1.54, 1.807) is 0 Å². The molecular formula is C55H52N8O6. The second-order valence-electron chi connectivity index (χ2n) is 18.7. The van der Waals surface area contributed by atoms with Gasteiger partial charge in [-0.15, -0.1) is 0 Å². The van der Waals surface area contributed by atoms with Crippen molar-refractivity contribution in [2.24, 2.45) is 11.8 Å². The summed E-state index contributed by atoms with van der Waals surface area (Å²) < 4.78 is 9.81. The third-order valence-corrected chi connectivity index (χ3v) is 14.6. The molecule has 3 aliphatic rings. The van der Waals surface area contributed by atoms with E-state index < -0.39 is 24.3 Å². The average Bonchev–Trinajstić information content (AvgIpc) is 3.69. The maximum Gasteiger partial charge on any atom is 0.407 e. The first kappa shape index (κ1) is 43.6. The van der Waals surface area contributed by atoms with Crippen molar-refractivity contribution in [1.29, 1.82) is 0 Å². The second kappa shape index (κ2) is 17.6. The topological polar surface area (TPSA) is 175 Å². The molecule has 1 saturated carbocycles. The molecule has 0 unspecified atom stereocenters. The van der Waals surface area contributed by atoms with Crippen LogP contribution in [0.15, 0.2) is 133 Å². The Morgan fingerprint density at radius 3 is 1.51 bits per heavy atom. The predicted octanol–water partition coefficient (Wildman–Crippen LogP) is 10.1. The molecule has 4 amide bonds. The lowest BCUT2D eigenvalue weighted by Gasteiger charge is -2.32. The van der Waals surface area contributed by atoms with E-state index in [0.29, 0.717) is 22.9 Å². The third-order valence-electron chi connectivity index (χ3n) is 14.6. The summed E-state index contributed by atoms with van der Waals surface area (Å²) in [6.45, 7) is 4.19. The molecule has 3 fully saturated rings. The lowest BCUT2D eigenvalue weighted by atomic mass is 9.97. The van der Waals surface area contributed by atoms with Crippen molar-refractivity contribution in [2.75, 3.05) is 14.2 Å². The molecule has 14 heteroatoms. The maximum absolute atomic E-state index is 14.4. The Bertz CT molecular complexity index is 3280. The summed E-state index contributed by atoms with van der Waals surface area (Å²) in [6, 6.07) is 41.6. The number of nitrogens with zero attached hydrogens (tertiary/aromatic N) is 4. The SMILES string of the molecule is COC(=O)N[C@@H](C(=O)N1[C@H](C)[C@H](C)C[C@H]1c1nc2ccc(-c3ccc4cc(-c5ccc6nc([C@@H]7C[C@H]8C[C@H]8N7C(=O)[C@H](NC(=O)OC)c7ccccc7)[nH]c6c5)ccc4c3)cc2[nH]1)c1ccccc1. The minimum absolute atomic E-state index is 0.0904. The van der Waals surface area contributed by atoms with Crippen LogP contribution in [0.4, 0.5) is 9.59 Å². The third kappa shape index (κ3) is 8.09. The number of aromatic nitrogens is 4. The van der Waals surface area contributed by atoms with Gasteiger partial charge in [0.1, 0.15) is 23.7 Å². The molecule has 14 nitrogen and oxygen atoms in total. The zero-order chi connectivity index (χ0) is 47.5. The quantitative estimate of drug-likeness (QED) is 0.105. The van der Waals surface area contributed by atoms with Crippen molar-refractivity contribution in [3.8, 4) is 22.3 Å². The molecule has 1 aliphatic carbocycles. The number of fused-ring (bicyclic) bond motifs is 4. The Hall–Kier alpha value is -8.00. The van der Waals surface area contributed by atoms with Crippen LogP contribution in [0.2, 0.25) is 0 Å². The number of amides is 4. The molecule has 2 aliphatic heterocycles. The number of nitrogens with one attached hydrogen (secondary N) is 4. The largest absolute Gasteiger partial charge is 0.453 e. The summed E-state index contributed by atoms with van der Waals surface area (Å²) in [7, 11) is 2.59. The smallest absolute Gasteiger partial charge is 0.407 e. The normalized spacial score (nSPS) is 21.5. The van der Waals surface area contributed by atoms with Gasteiger partial charge in [0.05, 0.1) is 48.4 Å². The Labute approximate surface area is 398 Å². The zero-order valence-electron chi connectivity index (χ0n) is 38.7. The fourth-order valence-electron chi connectivity index (χ4n) is 10.7. The number of methoxy groups -OCH3 is 2. The van der Waals surface area contributed by atoms with Crippen LogP contribution in [0.5, 0.6) is 0 Å². The van der Waals surface area contributed by atoms with E-state index in [4.69, 9.17) is 19.4 Å². The van der Waals surface area contributed by atoms with E-state index in [-0.39, 0.29) is 41.9 Å². The van der Waals surface area contributed by atoms with Gasteiger partial charge in [-0.05, 0) is 119 Å². The van der Waals surface area contributed by atoms with Crippen LogP contribution in [-0.4, -0.2) is 80.0 Å². The highest BCUT2D eigenvalue weighted by Crippen LogP contribution is 2.54. The van der Waals surface area contributed by atoms with Gasteiger partial charge in [0.25, 0.3) is 11.8 Å². The van der Waals surface area contributed by atoms with Gasteiger partial charge in [0.2, 0.25) is 0 Å². The van der Waals surface area contributed by atoms with E-state index in [0.717, 1.165) is 80.2 Å². The number of alkyl carbamates (subject to hydrolysis) is 2. The minimum atomic E-state index is -0.916. The van der Waals surface area contributed by atoms with Crippen molar-refractivity contribution in [1.82, 2.24) is 40.4 Å². The second-order valence-corrected chi connectivity index (χ2v) is 18.7. The molecule has 4 heterocycles. The van der Waals surface area contributed by atoms with Gasteiger partial charge in [-0.1, -0.05) is 104 Å². The first-order valence-corrected chi connectivity index (χ1v) is 23.5. The Balaban J connectivity index is 0.825. The number of piperidine rings is 1. The van der Waals surface area contributed by atoms with E-state index in [9.17, 15) is 19.2 Å². The van der Waals surface area contributed by atoms with Crippen LogP contribution in [0.3, 0.4) is 0 Å². The Morgan fingerprint density at radius 1 is 0.565 bits per heavy atom. The summed E-state index contributed by atoms with van der Waals surface area (Å²) in [5.74, 6) is 1.66. The van der Waals surface area contributed by atoms with Gasteiger partial charge in [0.15, 0.2) is 0 Å². The molecule has 4 N–H and O–H groups in total. The van der Waals surface area contributed by atoms with Gasteiger partial charge in [-0.2, -0.15) is 0 Å². The van der Waals surface area contributed by atoms with E-state index >= 15 is 0 Å². The number of likely N-dealkylation sites (tertiary alicyclic amines) is 2. The number of hydrogen-bond acceptors (Lipinski definition) is 8. The lowest BCUT2D eigenvalue weighted by Crippen LogP contribution is -2.46. The fourth-order valence-corrected chi connectivity index (χ4v) is 10.7. The highest BCUT2D eigenvalue weighted by molar-refractivity contribution is 5.94. The minimum Gasteiger partial charge on any atom is -0.453 e. The number of hydrogen-bond donors (Lipinski definition) is 4. The summed E-state index contributed by atoms with van der Waals surface area (Å²) in [6.07, 6.45) is 1.14. The number of carbonyl (C=O) groups excluding carboxylic acids is 4. The number of imidazole rings is 2. The van der Waals surface area contributed by atoms with Crippen LogP contribution in [-0.2, 0) is 19.1 Å². The molecule has 6 aromatic carbocycles. The van der Waals surface area contributed by atoms with Gasteiger partial charge in [-0.25, -0.2) is 19.6 Å².